The molecule has 0 spiro atoms. The van der Waals surface area contributed by atoms with E-state index in [9.17, 15) is 0 Å². The minimum absolute atomic E-state index is 0.504. The van der Waals surface area contributed by atoms with Gasteiger partial charge in [-0.3, -0.25) is 4.98 Å². The second kappa shape index (κ2) is 5.85. The molecule has 0 saturated carbocycles. The van der Waals surface area contributed by atoms with Crippen LogP contribution in [0.15, 0.2) is 42.7 Å². The van der Waals surface area contributed by atoms with Crippen LogP contribution in [0.1, 0.15) is 11.1 Å². The first-order valence-electron chi connectivity index (χ1n) is 5.79. The Morgan fingerprint density at radius 3 is 2.83 bits per heavy atom. The maximum absolute atomic E-state index is 6.04. The first kappa shape index (κ1) is 12.9. The fourth-order valence-corrected chi connectivity index (χ4v) is 2.08. The molecule has 0 bridgehead atoms. The molecule has 4 heteroatoms. The largest absolute Gasteiger partial charge is 0.370 e. The molecule has 0 amide bonds. The van der Waals surface area contributed by atoms with Gasteiger partial charge in [0.1, 0.15) is 0 Å². The third kappa shape index (κ3) is 3.00. The van der Waals surface area contributed by atoms with Crippen molar-refractivity contribution in [1.82, 2.24) is 4.98 Å². The third-order valence-electron chi connectivity index (χ3n) is 2.82. The molecular weight excluding hydrogens is 246 g/mol. The van der Waals surface area contributed by atoms with Crippen LogP contribution in [0.2, 0.25) is 5.02 Å². The van der Waals surface area contributed by atoms with Crippen molar-refractivity contribution < 1.29 is 0 Å². The Morgan fingerprint density at radius 1 is 1.33 bits per heavy atom. The maximum Gasteiger partial charge on any atom is 0.0441 e. The lowest BCUT2D eigenvalue weighted by Crippen LogP contribution is -2.19. The Kier molecular flexibility index (Phi) is 4.18. The monoisotopic (exact) mass is 261 g/mol. The van der Waals surface area contributed by atoms with E-state index in [2.05, 4.69) is 16.0 Å². The predicted octanol–water partition coefficient (Wildman–Crippen LogP) is 2.83. The Balaban J connectivity index is 2.23. The lowest BCUT2D eigenvalue weighted by molar-refractivity contribution is 0.898. The van der Waals surface area contributed by atoms with E-state index in [0.29, 0.717) is 6.54 Å². The minimum Gasteiger partial charge on any atom is -0.370 e. The van der Waals surface area contributed by atoms with Crippen molar-refractivity contribution in [3.8, 4) is 0 Å². The summed E-state index contributed by atoms with van der Waals surface area (Å²) in [6, 6.07) is 9.77. The highest BCUT2D eigenvalue weighted by Gasteiger charge is 2.08. The topological polar surface area (TPSA) is 42.2 Å². The summed E-state index contributed by atoms with van der Waals surface area (Å²) in [5, 5.41) is 0.722. The molecule has 0 aliphatic rings. The molecule has 2 rings (SSSR count). The van der Waals surface area contributed by atoms with Crippen LogP contribution in [-0.4, -0.2) is 12.0 Å². The average Bonchev–Trinajstić information content (AvgIpc) is 2.40. The SMILES string of the molecule is CN(Cc1cccnc1)c1cc(Cl)ccc1CN. The van der Waals surface area contributed by atoms with Gasteiger partial charge in [0.05, 0.1) is 0 Å². The molecule has 1 aromatic carbocycles. The van der Waals surface area contributed by atoms with E-state index in [4.69, 9.17) is 17.3 Å². The van der Waals surface area contributed by atoms with Crippen LogP contribution in [0.4, 0.5) is 5.69 Å². The third-order valence-corrected chi connectivity index (χ3v) is 3.06. The Hall–Kier alpha value is -1.58. The molecule has 2 aromatic rings. The molecule has 0 atom stereocenters. The second-order valence-corrected chi connectivity index (χ2v) is 4.63. The van der Waals surface area contributed by atoms with Gasteiger partial charge in [-0.05, 0) is 29.3 Å². The second-order valence-electron chi connectivity index (χ2n) is 4.19. The van der Waals surface area contributed by atoms with Crippen LogP contribution in [-0.2, 0) is 13.1 Å². The normalized spacial score (nSPS) is 10.4. The quantitative estimate of drug-likeness (QED) is 0.920. The molecule has 18 heavy (non-hydrogen) atoms. The van der Waals surface area contributed by atoms with E-state index in [1.54, 1.807) is 6.20 Å². The number of hydrogen-bond donors (Lipinski definition) is 1. The summed E-state index contributed by atoms with van der Waals surface area (Å²) in [6.45, 7) is 1.28. The van der Waals surface area contributed by atoms with Crippen molar-refractivity contribution in [3.05, 3.63) is 58.9 Å². The summed E-state index contributed by atoms with van der Waals surface area (Å²) < 4.78 is 0. The van der Waals surface area contributed by atoms with E-state index >= 15 is 0 Å². The molecule has 94 valence electrons. The lowest BCUT2D eigenvalue weighted by atomic mass is 10.1. The summed E-state index contributed by atoms with van der Waals surface area (Å²) in [4.78, 5) is 6.24. The highest BCUT2D eigenvalue weighted by atomic mass is 35.5. The predicted molar refractivity (Wildman–Crippen MR) is 75.7 cm³/mol. The van der Waals surface area contributed by atoms with Crippen molar-refractivity contribution in [2.75, 3.05) is 11.9 Å². The zero-order valence-corrected chi connectivity index (χ0v) is 11.1. The number of nitrogens with zero attached hydrogens (tertiary/aromatic N) is 2. The van der Waals surface area contributed by atoms with Crippen LogP contribution in [0.5, 0.6) is 0 Å². The van der Waals surface area contributed by atoms with E-state index in [0.717, 1.165) is 28.4 Å². The molecular formula is C14H16ClN3. The standard InChI is InChI=1S/C14H16ClN3/c1-18(10-11-3-2-6-17-9-11)14-7-13(15)5-4-12(14)8-16/h2-7,9H,8,10,16H2,1H3. The maximum atomic E-state index is 6.04. The number of anilines is 1. The molecule has 2 N–H and O–H groups in total. The van der Waals surface area contributed by atoms with Gasteiger partial charge in [0, 0.05) is 43.2 Å². The van der Waals surface area contributed by atoms with Gasteiger partial charge >= 0.3 is 0 Å². The van der Waals surface area contributed by atoms with Gasteiger partial charge in [0.25, 0.3) is 0 Å². The summed E-state index contributed by atoms with van der Waals surface area (Å²) in [7, 11) is 2.03. The summed E-state index contributed by atoms with van der Waals surface area (Å²) in [5.41, 5.74) is 9.06. The first-order valence-corrected chi connectivity index (χ1v) is 6.17. The van der Waals surface area contributed by atoms with Crippen LogP contribution in [0.3, 0.4) is 0 Å². The zero-order chi connectivity index (χ0) is 13.0. The molecule has 0 aliphatic carbocycles. The van der Waals surface area contributed by atoms with E-state index in [1.807, 2.05) is 37.5 Å². The molecule has 1 heterocycles. The minimum atomic E-state index is 0.504. The van der Waals surface area contributed by atoms with Crippen LogP contribution in [0.25, 0.3) is 0 Å². The fraction of sp³-hybridized carbons (Fsp3) is 0.214. The van der Waals surface area contributed by atoms with Crippen LogP contribution >= 0.6 is 11.6 Å². The first-order chi connectivity index (χ1) is 8.70. The Morgan fingerprint density at radius 2 is 2.17 bits per heavy atom. The summed E-state index contributed by atoms with van der Waals surface area (Å²) in [5.74, 6) is 0. The number of nitrogens with two attached hydrogens (primary N) is 1. The zero-order valence-electron chi connectivity index (χ0n) is 10.3. The molecule has 0 saturated heterocycles. The Labute approximate surface area is 112 Å². The number of pyridine rings is 1. The van der Waals surface area contributed by atoms with Gasteiger partial charge < -0.3 is 10.6 Å². The van der Waals surface area contributed by atoms with Gasteiger partial charge in [-0.15, -0.1) is 0 Å². The number of benzene rings is 1. The Bertz CT molecular complexity index is 514. The number of aromatic nitrogens is 1. The highest BCUT2D eigenvalue weighted by Crippen LogP contribution is 2.24. The molecule has 0 aliphatic heterocycles. The summed E-state index contributed by atoms with van der Waals surface area (Å²) in [6.07, 6.45) is 3.64. The lowest BCUT2D eigenvalue weighted by Gasteiger charge is -2.22. The highest BCUT2D eigenvalue weighted by molar-refractivity contribution is 6.30. The van der Waals surface area contributed by atoms with Gasteiger partial charge in [0.2, 0.25) is 0 Å². The van der Waals surface area contributed by atoms with Gasteiger partial charge in [0.15, 0.2) is 0 Å². The molecule has 1 aromatic heterocycles. The fourth-order valence-electron chi connectivity index (χ4n) is 1.92. The number of halogens is 1. The van der Waals surface area contributed by atoms with E-state index in [1.165, 1.54) is 0 Å². The van der Waals surface area contributed by atoms with Crippen molar-refractivity contribution in [1.29, 1.82) is 0 Å². The van der Waals surface area contributed by atoms with Crippen molar-refractivity contribution in [3.63, 3.8) is 0 Å². The van der Waals surface area contributed by atoms with Crippen molar-refractivity contribution in [2.24, 2.45) is 5.73 Å². The smallest absolute Gasteiger partial charge is 0.0441 e. The average molecular weight is 262 g/mol. The van der Waals surface area contributed by atoms with Crippen LogP contribution in [0, 0.1) is 0 Å². The van der Waals surface area contributed by atoms with Crippen LogP contribution < -0.4 is 10.6 Å². The van der Waals surface area contributed by atoms with Gasteiger partial charge in [-0.2, -0.15) is 0 Å². The van der Waals surface area contributed by atoms with Gasteiger partial charge in [-0.1, -0.05) is 23.7 Å². The van der Waals surface area contributed by atoms with E-state index < -0.39 is 0 Å². The van der Waals surface area contributed by atoms with E-state index in [-0.39, 0.29) is 0 Å². The number of rotatable bonds is 4. The van der Waals surface area contributed by atoms with Crippen molar-refractivity contribution >= 4 is 17.3 Å². The molecule has 0 unspecified atom stereocenters. The number of hydrogen-bond acceptors (Lipinski definition) is 3. The molecule has 3 nitrogen and oxygen atoms in total. The summed E-state index contributed by atoms with van der Waals surface area (Å²) >= 11 is 6.04. The van der Waals surface area contributed by atoms with Crippen molar-refractivity contribution in [2.45, 2.75) is 13.1 Å². The van der Waals surface area contributed by atoms with Gasteiger partial charge in [-0.25, -0.2) is 0 Å². The molecule has 0 fully saturated rings. The molecule has 0 radical (unpaired) electrons.